The molecule has 0 spiro atoms. The van der Waals surface area contributed by atoms with Crippen molar-refractivity contribution in [2.45, 2.75) is 13.0 Å². The molecule has 2 aromatic heterocycles. The van der Waals surface area contributed by atoms with E-state index in [2.05, 4.69) is 10.3 Å². The van der Waals surface area contributed by atoms with Crippen molar-refractivity contribution < 1.29 is 13.9 Å². The first-order chi connectivity index (χ1) is 12.4. The molecule has 0 saturated heterocycles. The fourth-order valence-electron chi connectivity index (χ4n) is 2.34. The van der Waals surface area contributed by atoms with Crippen molar-refractivity contribution in [3.63, 3.8) is 0 Å². The van der Waals surface area contributed by atoms with Crippen LogP contribution >= 0.6 is 0 Å². The highest BCUT2D eigenvalue weighted by Crippen LogP contribution is 2.21. The maximum absolute atomic E-state index is 12.3. The van der Waals surface area contributed by atoms with Crippen molar-refractivity contribution in [2.24, 2.45) is 0 Å². The Bertz CT molecular complexity index is 980. The lowest BCUT2D eigenvalue weighted by Crippen LogP contribution is -2.30. The maximum Gasteiger partial charge on any atom is 0.336 e. The van der Waals surface area contributed by atoms with Gasteiger partial charge in [-0.25, -0.2) is 9.78 Å². The molecular formula is C19H19N3O4. The molecule has 0 aliphatic carbocycles. The van der Waals surface area contributed by atoms with E-state index >= 15 is 0 Å². The predicted octanol–water partition coefficient (Wildman–Crippen LogP) is 2.66. The fraction of sp³-hybridized carbons (Fsp3) is 0.211. The lowest BCUT2D eigenvalue weighted by molar-refractivity contribution is -0.122. The van der Waals surface area contributed by atoms with Gasteiger partial charge in [-0.3, -0.25) is 4.79 Å². The second-order valence-electron chi connectivity index (χ2n) is 6.00. The van der Waals surface area contributed by atoms with Crippen LogP contribution in [0.25, 0.3) is 11.0 Å². The Morgan fingerprint density at radius 1 is 1.19 bits per heavy atom. The molecule has 26 heavy (non-hydrogen) atoms. The summed E-state index contributed by atoms with van der Waals surface area (Å²) in [6.07, 6.45) is 0.848. The van der Waals surface area contributed by atoms with Crippen molar-refractivity contribution in [3.8, 4) is 5.75 Å². The summed E-state index contributed by atoms with van der Waals surface area (Å²) in [6.45, 7) is 1.64. The number of pyridine rings is 1. The van der Waals surface area contributed by atoms with Gasteiger partial charge >= 0.3 is 5.63 Å². The van der Waals surface area contributed by atoms with Crippen molar-refractivity contribution in [1.29, 1.82) is 0 Å². The number of carbonyl (C=O) groups excluding carboxylic acids is 1. The van der Waals surface area contributed by atoms with Gasteiger partial charge in [0.2, 0.25) is 0 Å². The standard InChI is InChI=1S/C19H19N3O4/c1-12(19(24)21-14-6-8-17(20-11-14)22(2)3)25-15-7-4-13-5-9-18(23)26-16(13)10-15/h4-12H,1-3H3,(H,21,24). The molecule has 0 saturated carbocycles. The van der Waals surface area contributed by atoms with E-state index in [9.17, 15) is 9.59 Å². The van der Waals surface area contributed by atoms with Crippen LogP contribution in [-0.2, 0) is 4.79 Å². The summed E-state index contributed by atoms with van der Waals surface area (Å²) in [5.41, 5.74) is 0.556. The third-order valence-electron chi connectivity index (χ3n) is 3.75. The number of ether oxygens (including phenoxy) is 1. The highest BCUT2D eigenvalue weighted by molar-refractivity contribution is 5.94. The number of nitrogens with one attached hydrogen (secondary N) is 1. The molecule has 2 heterocycles. The van der Waals surface area contributed by atoms with Crippen molar-refractivity contribution >= 4 is 28.4 Å². The molecule has 1 aromatic carbocycles. The Labute approximate surface area is 150 Å². The van der Waals surface area contributed by atoms with Gasteiger partial charge in [-0.05, 0) is 37.3 Å². The number of rotatable bonds is 5. The lowest BCUT2D eigenvalue weighted by atomic mass is 10.2. The molecule has 1 atom stereocenters. The van der Waals surface area contributed by atoms with Gasteiger partial charge in [0.15, 0.2) is 6.10 Å². The molecule has 1 amide bonds. The summed E-state index contributed by atoms with van der Waals surface area (Å²) in [6, 6.07) is 11.7. The molecule has 0 aliphatic heterocycles. The van der Waals surface area contributed by atoms with Gasteiger partial charge in [0.25, 0.3) is 5.91 Å². The number of aromatic nitrogens is 1. The normalized spacial score (nSPS) is 11.8. The number of amides is 1. The summed E-state index contributed by atoms with van der Waals surface area (Å²) in [5, 5.41) is 3.53. The van der Waals surface area contributed by atoms with E-state index in [0.717, 1.165) is 11.2 Å². The summed E-state index contributed by atoms with van der Waals surface area (Å²) in [5.74, 6) is 0.930. The zero-order valence-corrected chi connectivity index (χ0v) is 14.7. The van der Waals surface area contributed by atoms with Crippen LogP contribution in [0, 0.1) is 0 Å². The number of nitrogens with zero attached hydrogens (tertiary/aromatic N) is 2. The van der Waals surface area contributed by atoms with Crippen molar-refractivity contribution in [3.05, 3.63) is 59.1 Å². The van der Waals surface area contributed by atoms with Gasteiger partial charge < -0.3 is 19.4 Å². The average molecular weight is 353 g/mol. The zero-order valence-electron chi connectivity index (χ0n) is 14.7. The second kappa shape index (κ2) is 7.26. The van der Waals surface area contributed by atoms with Crippen LogP contribution in [0.5, 0.6) is 5.75 Å². The SMILES string of the molecule is CC(Oc1ccc2ccc(=O)oc2c1)C(=O)Nc1ccc(N(C)C)nc1. The summed E-state index contributed by atoms with van der Waals surface area (Å²) in [4.78, 5) is 29.7. The third kappa shape index (κ3) is 4.00. The monoisotopic (exact) mass is 353 g/mol. The van der Waals surface area contributed by atoms with Crippen molar-refractivity contribution in [2.75, 3.05) is 24.3 Å². The van der Waals surface area contributed by atoms with Crippen LogP contribution < -0.4 is 20.6 Å². The minimum Gasteiger partial charge on any atom is -0.481 e. The molecule has 1 N–H and O–H groups in total. The molecule has 3 aromatic rings. The summed E-state index contributed by atoms with van der Waals surface area (Å²) >= 11 is 0. The van der Waals surface area contributed by atoms with E-state index in [1.165, 1.54) is 6.07 Å². The summed E-state index contributed by atoms with van der Waals surface area (Å²) in [7, 11) is 3.78. The highest BCUT2D eigenvalue weighted by Gasteiger charge is 2.15. The van der Waals surface area contributed by atoms with Gasteiger partial charge in [-0.15, -0.1) is 0 Å². The van der Waals surface area contributed by atoms with Crippen molar-refractivity contribution in [1.82, 2.24) is 4.98 Å². The molecule has 0 bridgehead atoms. The first-order valence-corrected chi connectivity index (χ1v) is 8.07. The van der Waals surface area contributed by atoms with E-state index < -0.39 is 11.7 Å². The molecule has 134 valence electrons. The van der Waals surface area contributed by atoms with E-state index in [0.29, 0.717) is 17.0 Å². The fourth-order valence-corrected chi connectivity index (χ4v) is 2.34. The minimum atomic E-state index is -0.739. The van der Waals surface area contributed by atoms with E-state index in [1.54, 1.807) is 43.5 Å². The summed E-state index contributed by atoms with van der Waals surface area (Å²) < 4.78 is 10.8. The quantitative estimate of drug-likeness (QED) is 0.710. The highest BCUT2D eigenvalue weighted by atomic mass is 16.5. The first-order valence-electron chi connectivity index (χ1n) is 8.07. The van der Waals surface area contributed by atoms with Gasteiger partial charge in [-0.1, -0.05) is 0 Å². The molecule has 1 unspecified atom stereocenters. The number of benzene rings is 1. The van der Waals surface area contributed by atoms with Crippen LogP contribution in [0.4, 0.5) is 11.5 Å². The number of carbonyl (C=O) groups is 1. The Hall–Kier alpha value is -3.35. The molecule has 7 heteroatoms. The topological polar surface area (TPSA) is 84.7 Å². The predicted molar refractivity (Wildman–Crippen MR) is 99.8 cm³/mol. The Balaban J connectivity index is 1.67. The van der Waals surface area contributed by atoms with E-state index in [-0.39, 0.29) is 5.91 Å². The van der Waals surface area contributed by atoms with Crippen LogP contribution in [0.2, 0.25) is 0 Å². The first kappa shape index (κ1) is 17.5. The van der Waals surface area contributed by atoms with E-state index in [1.807, 2.05) is 25.1 Å². The average Bonchev–Trinajstić information content (AvgIpc) is 2.61. The molecule has 0 radical (unpaired) electrons. The van der Waals surface area contributed by atoms with Gasteiger partial charge in [0, 0.05) is 31.6 Å². The van der Waals surface area contributed by atoms with Gasteiger partial charge in [-0.2, -0.15) is 0 Å². The minimum absolute atomic E-state index is 0.306. The number of hydrogen-bond acceptors (Lipinski definition) is 6. The molecule has 7 nitrogen and oxygen atoms in total. The molecule has 0 aliphatic rings. The van der Waals surface area contributed by atoms with Crippen LogP contribution in [0.3, 0.4) is 0 Å². The zero-order chi connectivity index (χ0) is 18.7. The van der Waals surface area contributed by atoms with Gasteiger partial charge in [0.05, 0.1) is 11.9 Å². The molecule has 3 rings (SSSR count). The number of fused-ring (bicyclic) bond motifs is 1. The second-order valence-corrected chi connectivity index (χ2v) is 6.00. The lowest BCUT2D eigenvalue weighted by Gasteiger charge is -2.15. The molecule has 0 fully saturated rings. The van der Waals surface area contributed by atoms with Crippen LogP contribution in [-0.4, -0.2) is 31.1 Å². The smallest absolute Gasteiger partial charge is 0.336 e. The Morgan fingerprint density at radius 3 is 2.65 bits per heavy atom. The third-order valence-corrected chi connectivity index (χ3v) is 3.75. The molecular weight excluding hydrogens is 334 g/mol. The number of anilines is 2. The maximum atomic E-state index is 12.3. The van der Waals surface area contributed by atoms with E-state index in [4.69, 9.17) is 9.15 Å². The van der Waals surface area contributed by atoms with Crippen LogP contribution in [0.1, 0.15) is 6.92 Å². The number of hydrogen-bond donors (Lipinski definition) is 1. The Kier molecular flexibility index (Phi) is 4.88. The van der Waals surface area contributed by atoms with Gasteiger partial charge in [0.1, 0.15) is 17.2 Å². The van der Waals surface area contributed by atoms with Crippen LogP contribution in [0.15, 0.2) is 57.9 Å². The Morgan fingerprint density at radius 2 is 1.96 bits per heavy atom. The largest absolute Gasteiger partial charge is 0.481 e.